The Balaban J connectivity index is 0. The van der Waals surface area contributed by atoms with Gasteiger partial charge < -0.3 is 20.1 Å². The second-order valence-corrected chi connectivity index (χ2v) is 3.35. The summed E-state index contributed by atoms with van der Waals surface area (Å²) in [6.45, 7) is 9.69. The van der Waals surface area contributed by atoms with Crippen molar-refractivity contribution in [3.05, 3.63) is 0 Å². The molecule has 0 aliphatic carbocycles. The number of carbonyl (C=O) groups is 1. The van der Waals surface area contributed by atoms with Gasteiger partial charge in [0.15, 0.2) is 0 Å². The molecule has 104 valence electrons. The first-order chi connectivity index (χ1) is 7.72. The fourth-order valence-electron chi connectivity index (χ4n) is 1.10. The lowest BCUT2D eigenvalue weighted by Gasteiger charge is -2.13. The maximum atomic E-state index is 11.5. The van der Waals surface area contributed by atoms with Crippen LogP contribution < -0.4 is 10.6 Å². The lowest BCUT2D eigenvalue weighted by Crippen LogP contribution is -2.38. The first-order valence-electron chi connectivity index (χ1n) is 5.90. The van der Waals surface area contributed by atoms with E-state index in [1.54, 1.807) is 6.92 Å². The van der Waals surface area contributed by atoms with Crippen LogP contribution in [0.5, 0.6) is 0 Å². The molecule has 0 aliphatic heterocycles. The number of carbonyl (C=O) groups excluding carboxylic acids is 1. The van der Waals surface area contributed by atoms with Crippen molar-refractivity contribution in [1.29, 1.82) is 0 Å². The van der Waals surface area contributed by atoms with Gasteiger partial charge in [0, 0.05) is 19.7 Å². The number of likely N-dealkylation sites (N-methyl/N-ethyl adjacent to an activating group) is 1. The number of halogens is 1. The van der Waals surface area contributed by atoms with Crippen LogP contribution in [0.3, 0.4) is 0 Å². The molecular formula is C11H25ClN2O3. The summed E-state index contributed by atoms with van der Waals surface area (Å²) in [7, 11) is 0. The van der Waals surface area contributed by atoms with Gasteiger partial charge in [0.2, 0.25) is 5.91 Å². The quantitative estimate of drug-likeness (QED) is 0.569. The molecule has 0 aromatic carbocycles. The fourth-order valence-corrected chi connectivity index (χ4v) is 1.10. The molecule has 0 radical (unpaired) electrons. The molecule has 0 aliphatic rings. The molecule has 6 heteroatoms. The number of rotatable bonds is 10. The van der Waals surface area contributed by atoms with Crippen LogP contribution in [0.4, 0.5) is 0 Å². The van der Waals surface area contributed by atoms with Gasteiger partial charge in [-0.2, -0.15) is 0 Å². The second kappa shape index (κ2) is 13.7. The van der Waals surface area contributed by atoms with Crippen LogP contribution in [0.25, 0.3) is 0 Å². The Morgan fingerprint density at radius 2 is 1.94 bits per heavy atom. The second-order valence-electron chi connectivity index (χ2n) is 3.35. The van der Waals surface area contributed by atoms with Gasteiger partial charge in [-0.15, -0.1) is 12.4 Å². The van der Waals surface area contributed by atoms with Crippen molar-refractivity contribution in [2.75, 3.05) is 39.5 Å². The summed E-state index contributed by atoms with van der Waals surface area (Å²) in [6.07, 6.45) is -0.415. The Kier molecular flexibility index (Phi) is 15.3. The molecule has 5 nitrogen and oxygen atoms in total. The van der Waals surface area contributed by atoms with Gasteiger partial charge in [0.05, 0.1) is 13.2 Å². The summed E-state index contributed by atoms with van der Waals surface area (Å²) in [5.74, 6) is -0.0746. The molecule has 1 atom stereocenters. The van der Waals surface area contributed by atoms with Gasteiger partial charge in [-0.3, -0.25) is 4.79 Å². The predicted molar refractivity (Wildman–Crippen MR) is 70.7 cm³/mol. The van der Waals surface area contributed by atoms with Crippen molar-refractivity contribution < 1.29 is 14.3 Å². The first kappa shape index (κ1) is 19.0. The molecule has 0 bridgehead atoms. The van der Waals surface area contributed by atoms with E-state index < -0.39 is 6.10 Å². The van der Waals surface area contributed by atoms with Crippen LogP contribution >= 0.6 is 12.4 Å². The van der Waals surface area contributed by atoms with E-state index in [-0.39, 0.29) is 18.3 Å². The third-order valence-corrected chi connectivity index (χ3v) is 2.02. The highest BCUT2D eigenvalue weighted by atomic mass is 35.5. The average molecular weight is 269 g/mol. The molecular weight excluding hydrogens is 244 g/mol. The van der Waals surface area contributed by atoms with E-state index in [0.29, 0.717) is 26.4 Å². The monoisotopic (exact) mass is 268 g/mol. The maximum Gasteiger partial charge on any atom is 0.248 e. The zero-order valence-electron chi connectivity index (χ0n) is 11.0. The minimum absolute atomic E-state index is 0. The Morgan fingerprint density at radius 1 is 1.24 bits per heavy atom. The molecule has 1 unspecified atom stereocenters. The van der Waals surface area contributed by atoms with Crippen molar-refractivity contribution in [3.8, 4) is 0 Å². The summed E-state index contributed by atoms with van der Waals surface area (Å²) in [5.41, 5.74) is 0. The summed E-state index contributed by atoms with van der Waals surface area (Å²) in [5, 5.41) is 5.92. The highest BCUT2D eigenvalue weighted by molar-refractivity contribution is 5.85. The van der Waals surface area contributed by atoms with Crippen molar-refractivity contribution in [3.63, 3.8) is 0 Å². The normalized spacial score (nSPS) is 11.7. The molecule has 1 amide bonds. The fraction of sp³-hybridized carbons (Fsp3) is 0.909. The van der Waals surface area contributed by atoms with Crippen molar-refractivity contribution in [1.82, 2.24) is 10.6 Å². The Morgan fingerprint density at radius 3 is 2.53 bits per heavy atom. The van der Waals surface area contributed by atoms with Crippen molar-refractivity contribution in [2.24, 2.45) is 0 Å². The van der Waals surface area contributed by atoms with Gasteiger partial charge in [0.1, 0.15) is 6.10 Å². The van der Waals surface area contributed by atoms with E-state index in [1.165, 1.54) is 0 Å². The van der Waals surface area contributed by atoms with E-state index in [9.17, 15) is 4.79 Å². The van der Waals surface area contributed by atoms with Crippen LogP contribution in [0.15, 0.2) is 0 Å². The number of hydrogen-bond acceptors (Lipinski definition) is 4. The topological polar surface area (TPSA) is 59.6 Å². The molecule has 0 rings (SSSR count). The Hall–Kier alpha value is -0.360. The standard InChI is InChI=1S/C11H24N2O3.ClH/c1-4-12-6-7-13-11(14)10(3)16-9-8-15-5-2;/h10,12H,4-9H2,1-3H3,(H,13,14);1H. The number of ether oxygens (including phenoxy) is 2. The Bertz CT molecular complexity index is 182. The van der Waals surface area contributed by atoms with Gasteiger partial charge in [-0.1, -0.05) is 6.92 Å². The van der Waals surface area contributed by atoms with E-state index >= 15 is 0 Å². The minimum Gasteiger partial charge on any atom is -0.379 e. The van der Waals surface area contributed by atoms with Crippen LogP contribution in [0.2, 0.25) is 0 Å². The summed E-state index contributed by atoms with van der Waals surface area (Å²) >= 11 is 0. The van der Waals surface area contributed by atoms with Gasteiger partial charge >= 0.3 is 0 Å². The lowest BCUT2D eigenvalue weighted by molar-refractivity contribution is -0.132. The maximum absolute atomic E-state index is 11.5. The zero-order valence-corrected chi connectivity index (χ0v) is 11.8. The Labute approximate surface area is 110 Å². The van der Waals surface area contributed by atoms with Crippen molar-refractivity contribution in [2.45, 2.75) is 26.9 Å². The molecule has 0 fully saturated rings. The third kappa shape index (κ3) is 11.9. The molecule has 0 aromatic rings. The molecule has 0 saturated carbocycles. The van der Waals surface area contributed by atoms with Gasteiger partial charge in [0.25, 0.3) is 0 Å². The summed E-state index contributed by atoms with van der Waals surface area (Å²) < 4.78 is 10.4. The zero-order chi connectivity index (χ0) is 12.2. The van der Waals surface area contributed by atoms with Gasteiger partial charge in [-0.05, 0) is 20.4 Å². The number of nitrogens with one attached hydrogen (secondary N) is 2. The molecule has 0 heterocycles. The summed E-state index contributed by atoms with van der Waals surface area (Å²) in [4.78, 5) is 11.5. The number of hydrogen-bond donors (Lipinski definition) is 2. The van der Waals surface area contributed by atoms with Crippen LogP contribution in [-0.2, 0) is 14.3 Å². The average Bonchev–Trinajstić information content (AvgIpc) is 2.29. The van der Waals surface area contributed by atoms with Crippen molar-refractivity contribution >= 4 is 18.3 Å². The number of amides is 1. The van der Waals surface area contributed by atoms with E-state index in [4.69, 9.17) is 9.47 Å². The largest absolute Gasteiger partial charge is 0.379 e. The smallest absolute Gasteiger partial charge is 0.248 e. The highest BCUT2D eigenvalue weighted by Crippen LogP contribution is 1.90. The first-order valence-corrected chi connectivity index (χ1v) is 5.90. The SMILES string of the molecule is CCNCCNC(=O)C(C)OCCOCC.Cl. The van der Waals surface area contributed by atoms with Crippen LogP contribution in [0, 0.1) is 0 Å². The minimum atomic E-state index is -0.415. The summed E-state index contributed by atoms with van der Waals surface area (Å²) in [6, 6.07) is 0. The third-order valence-electron chi connectivity index (χ3n) is 2.02. The van der Waals surface area contributed by atoms with Crippen LogP contribution in [0.1, 0.15) is 20.8 Å². The van der Waals surface area contributed by atoms with Crippen LogP contribution in [-0.4, -0.2) is 51.5 Å². The van der Waals surface area contributed by atoms with E-state index in [1.807, 2.05) is 13.8 Å². The highest BCUT2D eigenvalue weighted by Gasteiger charge is 2.11. The predicted octanol–water partition coefficient (Wildman–Crippen LogP) is 0.576. The molecule has 0 saturated heterocycles. The van der Waals surface area contributed by atoms with Gasteiger partial charge in [-0.25, -0.2) is 0 Å². The van der Waals surface area contributed by atoms with E-state index in [0.717, 1.165) is 13.1 Å². The molecule has 17 heavy (non-hydrogen) atoms. The van der Waals surface area contributed by atoms with E-state index in [2.05, 4.69) is 10.6 Å². The molecule has 0 spiro atoms. The molecule has 0 aromatic heterocycles. The molecule has 2 N–H and O–H groups in total. The lowest BCUT2D eigenvalue weighted by atomic mass is 10.3.